The van der Waals surface area contributed by atoms with Crippen LogP contribution in [-0.2, 0) is 28.6 Å². The van der Waals surface area contributed by atoms with Gasteiger partial charge in [0.2, 0.25) is 0 Å². The molecule has 0 spiro atoms. The highest BCUT2D eigenvalue weighted by atomic mass is 16.6. The van der Waals surface area contributed by atoms with Gasteiger partial charge >= 0.3 is 17.9 Å². The van der Waals surface area contributed by atoms with Crippen LogP contribution in [-0.4, -0.2) is 47.4 Å². The highest BCUT2D eigenvalue weighted by Crippen LogP contribution is 2.56. The van der Waals surface area contributed by atoms with Gasteiger partial charge in [0.25, 0.3) is 0 Å². The molecule has 3 rings (SSSR count). The van der Waals surface area contributed by atoms with Crippen molar-refractivity contribution >= 4 is 17.9 Å². The molecule has 7 heteroatoms. The first-order chi connectivity index (χ1) is 14.4. The molecule has 7 atom stereocenters. The van der Waals surface area contributed by atoms with Crippen molar-refractivity contribution in [1.82, 2.24) is 0 Å². The summed E-state index contributed by atoms with van der Waals surface area (Å²) in [7, 11) is 0. The lowest BCUT2D eigenvalue weighted by Gasteiger charge is -2.52. The van der Waals surface area contributed by atoms with Crippen molar-refractivity contribution in [2.75, 3.05) is 0 Å². The molecule has 0 aromatic carbocycles. The van der Waals surface area contributed by atoms with Gasteiger partial charge in [-0.2, -0.15) is 0 Å². The van der Waals surface area contributed by atoms with Crippen LogP contribution >= 0.6 is 0 Å². The summed E-state index contributed by atoms with van der Waals surface area (Å²) in [5.74, 6) is -2.38. The lowest BCUT2D eigenvalue weighted by molar-refractivity contribution is -0.165. The molecule has 3 aliphatic rings. The zero-order valence-corrected chi connectivity index (χ0v) is 19.3. The third-order valence-corrected chi connectivity index (χ3v) is 7.24. The lowest BCUT2D eigenvalue weighted by atomic mass is 9.57. The van der Waals surface area contributed by atoms with Gasteiger partial charge in [-0.25, -0.2) is 4.79 Å². The number of ether oxygens (including phenoxy) is 3. The van der Waals surface area contributed by atoms with Crippen LogP contribution in [0, 0.1) is 23.2 Å². The zero-order chi connectivity index (χ0) is 23.2. The molecule has 0 radical (unpaired) electrons. The minimum Gasteiger partial charge on any atom is -0.458 e. The van der Waals surface area contributed by atoms with Gasteiger partial charge in [-0.15, -0.1) is 0 Å². The van der Waals surface area contributed by atoms with E-state index in [1.54, 1.807) is 20.8 Å². The van der Waals surface area contributed by atoms with Crippen molar-refractivity contribution < 1.29 is 33.7 Å². The van der Waals surface area contributed by atoms with Crippen molar-refractivity contribution in [3.05, 3.63) is 23.3 Å². The SMILES string of the molecule is C=C1C(=O)O[C@@H]2C[C@@]3(C)C(=C(C)[C@@H](OC(=O)[C@H](C)CC)C[C@@H]3O)[C@@H](OC(=O)C(C)C)[C@H]12. The summed E-state index contributed by atoms with van der Waals surface area (Å²) >= 11 is 0. The number of carbonyl (C=O) groups excluding carboxylic acids is 3. The predicted octanol–water partition coefficient (Wildman–Crippen LogP) is 3.10. The van der Waals surface area contributed by atoms with E-state index in [1.807, 2.05) is 20.8 Å². The second-order valence-electron chi connectivity index (χ2n) is 9.71. The molecule has 31 heavy (non-hydrogen) atoms. The minimum absolute atomic E-state index is 0.241. The molecule has 2 fully saturated rings. The van der Waals surface area contributed by atoms with E-state index >= 15 is 0 Å². The fourth-order valence-corrected chi connectivity index (χ4v) is 4.98. The average Bonchev–Trinajstić information content (AvgIpc) is 2.98. The number of esters is 3. The second kappa shape index (κ2) is 8.41. The summed E-state index contributed by atoms with van der Waals surface area (Å²) in [6, 6.07) is 0. The molecule has 2 aliphatic carbocycles. The van der Waals surface area contributed by atoms with Crippen LogP contribution in [0.1, 0.15) is 60.8 Å². The minimum atomic E-state index is -0.852. The van der Waals surface area contributed by atoms with Crippen LogP contribution in [0.25, 0.3) is 0 Å². The van der Waals surface area contributed by atoms with Gasteiger partial charge in [0.1, 0.15) is 18.3 Å². The number of fused-ring (bicyclic) bond motifs is 2. The smallest absolute Gasteiger partial charge is 0.334 e. The van der Waals surface area contributed by atoms with E-state index in [0.29, 0.717) is 18.4 Å². The van der Waals surface area contributed by atoms with E-state index in [9.17, 15) is 19.5 Å². The van der Waals surface area contributed by atoms with Gasteiger partial charge in [0, 0.05) is 17.4 Å². The first-order valence-electron chi connectivity index (χ1n) is 11.1. The Labute approximate surface area is 183 Å². The van der Waals surface area contributed by atoms with Crippen LogP contribution in [0.2, 0.25) is 0 Å². The molecule has 1 N–H and O–H groups in total. The van der Waals surface area contributed by atoms with Crippen LogP contribution in [0.4, 0.5) is 0 Å². The highest BCUT2D eigenvalue weighted by Gasteiger charge is 2.60. The van der Waals surface area contributed by atoms with Gasteiger partial charge < -0.3 is 19.3 Å². The molecule has 1 aliphatic heterocycles. The average molecular weight is 435 g/mol. The van der Waals surface area contributed by atoms with Gasteiger partial charge in [-0.05, 0) is 30.9 Å². The molecule has 0 aromatic heterocycles. The van der Waals surface area contributed by atoms with Crippen molar-refractivity contribution in [1.29, 1.82) is 0 Å². The Balaban J connectivity index is 2.08. The summed E-state index contributed by atoms with van der Waals surface area (Å²) in [6.07, 6.45) is -1.53. The van der Waals surface area contributed by atoms with Gasteiger partial charge in [0.15, 0.2) is 0 Å². The van der Waals surface area contributed by atoms with E-state index in [-0.39, 0.29) is 29.8 Å². The van der Waals surface area contributed by atoms with Crippen molar-refractivity contribution in [2.45, 2.75) is 85.2 Å². The zero-order valence-electron chi connectivity index (χ0n) is 19.3. The number of rotatable bonds is 5. The molecular weight excluding hydrogens is 400 g/mol. The molecule has 1 heterocycles. The summed E-state index contributed by atoms with van der Waals surface area (Å²) in [4.78, 5) is 37.4. The van der Waals surface area contributed by atoms with Crippen molar-refractivity contribution in [3.8, 4) is 0 Å². The molecule has 0 aromatic rings. The van der Waals surface area contributed by atoms with Crippen LogP contribution in [0.5, 0.6) is 0 Å². The quantitative estimate of drug-likeness (QED) is 0.307. The molecular formula is C24H34O7. The monoisotopic (exact) mass is 434 g/mol. The fourth-order valence-electron chi connectivity index (χ4n) is 4.98. The molecule has 7 nitrogen and oxygen atoms in total. The van der Waals surface area contributed by atoms with Crippen molar-refractivity contribution in [2.24, 2.45) is 23.2 Å². The van der Waals surface area contributed by atoms with Gasteiger partial charge in [-0.1, -0.05) is 41.2 Å². The molecule has 1 saturated heterocycles. The molecule has 172 valence electrons. The maximum absolute atomic E-state index is 12.6. The number of hydrogen-bond acceptors (Lipinski definition) is 7. The Morgan fingerprint density at radius 2 is 1.90 bits per heavy atom. The summed E-state index contributed by atoms with van der Waals surface area (Å²) in [6.45, 7) is 14.8. The van der Waals surface area contributed by atoms with E-state index in [1.165, 1.54) is 0 Å². The van der Waals surface area contributed by atoms with E-state index in [0.717, 1.165) is 5.57 Å². The molecule has 1 saturated carbocycles. The first kappa shape index (κ1) is 23.5. The largest absolute Gasteiger partial charge is 0.458 e. The molecule has 0 amide bonds. The van der Waals surface area contributed by atoms with E-state index in [2.05, 4.69) is 6.58 Å². The Kier molecular flexibility index (Phi) is 6.38. The van der Waals surface area contributed by atoms with Crippen molar-refractivity contribution in [3.63, 3.8) is 0 Å². The lowest BCUT2D eigenvalue weighted by Crippen LogP contribution is -2.56. The molecule has 0 bridgehead atoms. The second-order valence-corrected chi connectivity index (χ2v) is 9.71. The maximum Gasteiger partial charge on any atom is 0.334 e. The van der Waals surface area contributed by atoms with Crippen LogP contribution in [0.15, 0.2) is 23.3 Å². The maximum atomic E-state index is 12.6. The number of hydrogen-bond donors (Lipinski definition) is 1. The Bertz CT molecular complexity index is 826. The first-order valence-corrected chi connectivity index (χ1v) is 11.1. The Hall–Kier alpha value is -2.15. The summed E-state index contributed by atoms with van der Waals surface area (Å²) in [5, 5.41) is 11.1. The van der Waals surface area contributed by atoms with Gasteiger partial charge in [0.05, 0.1) is 23.9 Å². The number of carbonyl (C=O) groups is 3. The Morgan fingerprint density at radius 3 is 2.48 bits per heavy atom. The fraction of sp³-hybridized carbons (Fsp3) is 0.708. The normalized spacial score (nSPS) is 35.9. The standard InChI is InChI=1S/C24H34O7/c1-8-12(4)22(27)29-15-9-17(25)24(7)10-16-18(14(6)23(28)30-16)20(19(24)13(15)5)31-21(26)11(2)3/h11-12,15-18,20,25H,6,8-10H2,1-5,7H3/t12-,15+,16-,17+,18-,20+,24-/m1/s1. The van der Waals surface area contributed by atoms with E-state index in [4.69, 9.17) is 14.2 Å². The number of aliphatic hydroxyl groups is 1. The van der Waals surface area contributed by atoms with Crippen LogP contribution in [0.3, 0.4) is 0 Å². The van der Waals surface area contributed by atoms with Crippen LogP contribution < -0.4 is 0 Å². The topological polar surface area (TPSA) is 99.1 Å². The predicted molar refractivity (Wildman–Crippen MR) is 113 cm³/mol. The summed E-state index contributed by atoms with van der Waals surface area (Å²) in [5.41, 5.74) is 0.957. The third-order valence-electron chi connectivity index (χ3n) is 7.24. The molecule has 0 unspecified atom stereocenters. The van der Waals surface area contributed by atoms with E-state index < -0.39 is 47.7 Å². The third kappa shape index (κ3) is 3.93. The Morgan fingerprint density at radius 1 is 1.26 bits per heavy atom. The van der Waals surface area contributed by atoms with Gasteiger partial charge in [-0.3, -0.25) is 9.59 Å². The highest BCUT2D eigenvalue weighted by molar-refractivity contribution is 5.91. The summed E-state index contributed by atoms with van der Waals surface area (Å²) < 4.78 is 17.2. The number of aliphatic hydroxyl groups excluding tert-OH is 1.